The van der Waals surface area contributed by atoms with Crippen molar-refractivity contribution >= 4 is 11.6 Å². The molecule has 1 amide bonds. The number of nitriles is 1. The van der Waals surface area contributed by atoms with Gasteiger partial charge < -0.3 is 9.88 Å². The molecule has 2 aliphatic carbocycles. The number of nitrogens with one attached hydrogen (secondary N) is 1. The third-order valence-electron chi connectivity index (χ3n) is 9.69. The molecule has 1 saturated heterocycles. The number of rotatable bonds is 7. The van der Waals surface area contributed by atoms with E-state index in [1.165, 1.54) is 24.0 Å². The molecule has 2 aromatic heterocycles. The molecule has 0 bridgehead atoms. The summed E-state index contributed by atoms with van der Waals surface area (Å²) < 4.78 is 1.97. The van der Waals surface area contributed by atoms with Crippen LogP contribution in [0.2, 0.25) is 0 Å². The molecule has 1 aromatic carbocycles. The molecule has 1 atom stereocenters. The van der Waals surface area contributed by atoms with E-state index in [2.05, 4.69) is 59.4 Å². The Labute approximate surface area is 243 Å². The number of pyridine rings is 1. The van der Waals surface area contributed by atoms with Gasteiger partial charge in [0.1, 0.15) is 17.8 Å². The van der Waals surface area contributed by atoms with Gasteiger partial charge in [-0.05, 0) is 91.8 Å². The van der Waals surface area contributed by atoms with E-state index in [1.54, 1.807) is 6.33 Å². The Balaban J connectivity index is 1.28. The van der Waals surface area contributed by atoms with Crippen LogP contribution in [0.3, 0.4) is 0 Å². The minimum absolute atomic E-state index is 0.0395. The summed E-state index contributed by atoms with van der Waals surface area (Å²) in [5.74, 6) is 1.76. The van der Waals surface area contributed by atoms with Crippen LogP contribution < -0.4 is 5.32 Å². The van der Waals surface area contributed by atoms with Crippen molar-refractivity contribution in [1.82, 2.24) is 24.6 Å². The Hall–Kier alpha value is -3.57. The van der Waals surface area contributed by atoms with Crippen molar-refractivity contribution in [1.29, 1.82) is 5.26 Å². The topological polar surface area (TPSA) is 99.7 Å². The van der Waals surface area contributed by atoms with Crippen LogP contribution in [0.15, 0.2) is 36.7 Å². The van der Waals surface area contributed by atoms with Crippen molar-refractivity contribution in [3.63, 3.8) is 0 Å². The fraction of sp³-hybridized carbons (Fsp3) is 0.545. The number of aryl methyl sites for hydroxylation is 1. The van der Waals surface area contributed by atoms with Crippen molar-refractivity contribution in [2.75, 3.05) is 18.4 Å². The van der Waals surface area contributed by atoms with Crippen molar-refractivity contribution in [3.8, 4) is 6.07 Å². The summed E-state index contributed by atoms with van der Waals surface area (Å²) in [7, 11) is 1.96. The number of nitrogens with zero attached hydrogens (tertiary/aromatic N) is 6. The minimum atomic E-state index is -0.317. The predicted molar refractivity (Wildman–Crippen MR) is 158 cm³/mol. The molecule has 0 radical (unpaired) electrons. The maximum Gasteiger partial charge on any atom is 0.274 e. The molecule has 8 heteroatoms. The third-order valence-corrected chi connectivity index (χ3v) is 9.69. The molecular weight excluding hydrogens is 510 g/mol. The monoisotopic (exact) mass is 551 g/mol. The molecule has 41 heavy (non-hydrogen) atoms. The number of carbonyl (C=O) groups excluding carboxylic acids is 1. The molecule has 0 unspecified atom stereocenters. The number of hydrogen-bond acceptors (Lipinski definition) is 6. The molecule has 0 spiro atoms. The van der Waals surface area contributed by atoms with E-state index in [0.29, 0.717) is 24.0 Å². The standard InChI is InChI=1S/C33H41N7O/c1-22-7-6-14-40(19-22)20-24-15-28(37-29-27(24)10-12-32(29,2)3)30(41)36-26-9-5-8-25(16-26)33(17-23(18-33)11-13-34)31-38-35-21-39(31)4/h5,8-9,15-16,21-23H,6-7,10-12,14,17-20H2,1-4H3,(H,36,41)/t22-,23?,33?/m0/s1. The van der Waals surface area contributed by atoms with Gasteiger partial charge in [-0.3, -0.25) is 9.69 Å². The minimum Gasteiger partial charge on any atom is -0.321 e. The molecule has 1 saturated carbocycles. The van der Waals surface area contributed by atoms with Gasteiger partial charge >= 0.3 is 0 Å². The molecule has 3 aromatic rings. The second-order valence-electron chi connectivity index (χ2n) is 13.4. The summed E-state index contributed by atoms with van der Waals surface area (Å²) in [5, 5.41) is 21.0. The molecule has 6 rings (SSSR count). The van der Waals surface area contributed by atoms with Crippen molar-refractivity contribution in [2.24, 2.45) is 18.9 Å². The highest BCUT2D eigenvalue weighted by Gasteiger charge is 2.49. The number of hydrogen-bond donors (Lipinski definition) is 1. The third kappa shape index (κ3) is 5.17. The summed E-state index contributed by atoms with van der Waals surface area (Å²) in [6.45, 7) is 9.92. The van der Waals surface area contributed by atoms with Crippen LogP contribution in [0.5, 0.6) is 0 Å². The highest BCUT2D eigenvalue weighted by atomic mass is 16.1. The Morgan fingerprint density at radius 1 is 1.24 bits per heavy atom. The average molecular weight is 552 g/mol. The second-order valence-corrected chi connectivity index (χ2v) is 13.4. The van der Waals surface area contributed by atoms with Crippen molar-refractivity contribution < 1.29 is 4.79 Å². The normalized spacial score (nSPS) is 25.2. The lowest BCUT2D eigenvalue weighted by Gasteiger charge is -2.46. The largest absolute Gasteiger partial charge is 0.321 e. The SMILES string of the molecule is C[C@H]1CCCN(Cc2cc(C(=O)Nc3cccc(C4(c5nncn5C)CC(CC#N)C4)c3)nc3c2CCC3(C)C)C1. The zero-order valence-corrected chi connectivity index (χ0v) is 24.8. The van der Waals surface area contributed by atoms with E-state index in [9.17, 15) is 10.1 Å². The highest BCUT2D eigenvalue weighted by molar-refractivity contribution is 6.03. The summed E-state index contributed by atoms with van der Waals surface area (Å²) in [4.78, 5) is 21.3. The maximum atomic E-state index is 13.7. The van der Waals surface area contributed by atoms with E-state index < -0.39 is 0 Å². The molecule has 1 N–H and O–H groups in total. The molecular formula is C33H41N7O. The average Bonchev–Trinajstić information content (AvgIpc) is 3.48. The van der Waals surface area contributed by atoms with Gasteiger partial charge in [0.15, 0.2) is 0 Å². The maximum absolute atomic E-state index is 13.7. The van der Waals surface area contributed by atoms with Gasteiger partial charge in [-0.2, -0.15) is 5.26 Å². The smallest absolute Gasteiger partial charge is 0.274 e. The van der Waals surface area contributed by atoms with Crippen LogP contribution in [0.25, 0.3) is 0 Å². The van der Waals surface area contributed by atoms with Gasteiger partial charge in [-0.1, -0.05) is 32.9 Å². The number of benzene rings is 1. The Bertz CT molecular complexity index is 1490. The van der Waals surface area contributed by atoms with Crippen molar-refractivity contribution in [2.45, 2.75) is 83.1 Å². The highest BCUT2D eigenvalue weighted by Crippen LogP contribution is 2.53. The molecule has 1 aliphatic heterocycles. The van der Waals surface area contributed by atoms with Gasteiger partial charge in [0, 0.05) is 37.7 Å². The first-order valence-electron chi connectivity index (χ1n) is 15.1. The van der Waals surface area contributed by atoms with E-state index in [0.717, 1.165) is 68.1 Å². The van der Waals surface area contributed by atoms with Crippen LogP contribution in [-0.2, 0) is 30.8 Å². The predicted octanol–water partition coefficient (Wildman–Crippen LogP) is 5.53. The molecule has 8 nitrogen and oxygen atoms in total. The van der Waals surface area contributed by atoms with Gasteiger partial charge in [-0.15, -0.1) is 10.2 Å². The van der Waals surface area contributed by atoms with E-state index in [1.807, 2.05) is 29.8 Å². The summed E-state index contributed by atoms with van der Waals surface area (Å²) in [6.07, 6.45) is 8.55. The van der Waals surface area contributed by atoms with Crippen LogP contribution in [0.4, 0.5) is 5.69 Å². The summed E-state index contributed by atoms with van der Waals surface area (Å²) >= 11 is 0. The number of piperidine rings is 1. The fourth-order valence-corrected chi connectivity index (χ4v) is 7.50. The van der Waals surface area contributed by atoms with E-state index >= 15 is 0 Å². The number of carbonyl (C=O) groups is 1. The lowest BCUT2D eigenvalue weighted by molar-refractivity contribution is 0.102. The fourth-order valence-electron chi connectivity index (χ4n) is 7.50. The van der Waals surface area contributed by atoms with Crippen LogP contribution in [-0.4, -0.2) is 43.6 Å². The Morgan fingerprint density at radius 2 is 2.07 bits per heavy atom. The van der Waals surface area contributed by atoms with Gasteiger partial charge in [0.25, 0.3) is 5.91 Å². The van der Waals surface area contributed by atoms with Crippen LogP contribution >= 0.6 is 0 Å². The first kappa shape index (κ1) is 27.6. The number of fused-ring (bicyclic) bond motifs is 1. The van der Waals surface area contributed by atoms with Gasteiger partial charge in [0.2, 0.25) is 0 Å². The lowest BCUT2D eigenvalue weighted by atomic mass is 9.57. The molecule has 3 heterocycles. The van der Waals surface area contributed by atoms with Crippen molar-refractivity contribution in [3.05, 3.63) is 70.6 Å². The lowest BCUT2D eigenvalue weighted by Crippen LogP contribution is -2.44. The first-order chi connectivity index (χ1) is 19.7. The first-order valence-corrected chi connectivity index (χ1v) is 15.1. The number of likely N-dealkylation sites (tertiary alicyclic amines) is 1. The number of anilines is 1. The zero-order chi connectivity index (χ0) is 28.8. The second kappa shape index (κ2) is 10.7. The number of amides is 1. The quantitative estimate of drug-likeness (QED) is 0.415. The molecule has 214 valence electrons. The summed E-state index contributed by atoms with van der Waals surface area (Å²) in [5.41, 5.74) is 5.64. The Morgan fingerprint density at radius 3 is 2.80 bits per heavy atom. The number of aromatic nitrogens is 4. The molecule has 3 aliphatic rings. The summed E-state index contributed by atoms with van der Waals surface area (Å²) in [6, 6.07) is 12.4. The Kier molecular flexibility index (Phi) is 7.19. The van der Waals surface area contributed by atoms with Gasteiger partial charge in [-0.25, -0.2) is 4.98 Å². The van der Waals surface area contributed by atoms with E-state index in [-0.39, 0.29) is 16.7 Å². The molecule has 2 fully saturated rings. The van der Waals surface area contributed by atoms with E-state index in [4.69, 9.17) is 4.98 Å². The van der Waals surface area contributed by atoms with Crippen LogP contribution in [0.1, 0.15) is 98.0 Å². The zero-order valence-electron chi connectivity index (χ0n) is 24.8. The van der Waals surface area contributed by atoms with Gasteiger partial charge in [0.05, 0.1) is 17.2 Å². The van der Waals surface area contributed by atoms with Crippen LogP contribution in [0, 0.1) is 23.2 Å².